The first-order chi connectivity index (χ1) is 46.0. The average Bonchev–Trinajstić information content (AvgIpc) is 1.50. The zero-order chi connectivity index (χ0) is 69.0. The maximum absolute atomic E-state index is 8.57. The number of hydrogen-bond donors (Lipinski definition) is 0. The molecule has 0 aliphatic heterocycles. The van der Waals surface area contributed by atoms with Gasteiger partial charge >= 0.3 is 0 Å². The van der Waals surface area contributed by atoms with Crippen molar-refractivity contribution in [2.75, 3.05) is 0 Å². The van der Waals surface area contributed by atoms with E-state index in [0.29, 0.717) is 11.3 Å². The molecule has 0 N–H and O–H groups in total. The number of aryl methyl sites for hydroxylation is 10. The normalized spacial score (nSPS) is 16.1. The lowest BCUT2D eigenvalue weighted by molar-refractivity contribution is -0.660. The van der Waals surface area contributed by atoms with E-state index in [-0.39, 0.29) is 10.8 Å². The van der Waals surface area contributed by atoms with Crippen LogP contribution >= 0.6 is 0 Å². The van der Waals surface area contributed by atoms with Crippen LogP contribution < -0.4 is 13.7 Å². The van der Waals surface area contributed by atoms with E-state index >= 15 is 0 Å². The summed E-state index contributed by atoms with van der Waals surface area (Å²) < 4.78 is 55.1. The van der Waals surface area contributed by atoms with Crippen LogP contribution in [0.4, 0.5) is 0 Å². The molecule has 0 bridgehead atoms. The minimum absolute atomic E-state index is 0.136. The molecule has 6 nitrogen and oxygen atoms in total. The lowest BCUT2D eigenvalue weighted by Crippen LogP contribution is -2.32. The lowest BCUT2D eigenvalue weighted by atomic mass is 9.80. The van der Waals surface area contributed by atoms with Gasteiger partial charge in [-0.15, -0.1) is 0 Å². The fraction of sp³-hybridized carbons (Fsp3) is 0.224. The summed E-state index contributed by atoms with van der Waals surface area (Å²) in [4.78, 5) is 14.7. The Balaban J connectivity index is 0.000000131. The van der Waals surface area contributed by atoms with E-state index in [2.05, 4.69) is 248 Å². The Bertz CT molecular complexity index is 5130. The SMILES string of the molecule is Cc1ccc2c(n1)C(C)(C)c1c-2ccc(C)c1-c1ccc(-c2ccccc2)c[n+]1C.[2H]C([2H])([2H])C1(C)c2nc(C)ccc2-c2ccc(C)c(-c3ccc(-c4ccccc4)c[n+]3C)c21.[2H]C([2H])([2H])c1ccc(-c2ccc(-c3c(C)ccc4c3C(C)(C)c3nc(C)ccc3-4)[n+](C)c2)cc1. The van der Waals surface area contributed by atoms with Crippen LogP contribution in [0.5, 0.6) is 0 Å². The molecule has 91 heavy (non-hydrogen) atoms. The predicted molar refractivity (Wildman–Crippen MR) is 375 cm³/mol. The molecular weight excluding hydrogens is 1100 g/mol. The monoisotopic (exact) mass is 1190 g/mol. The molecule has 12 aromatic rings. The van der Waals surface area contributed by atoms with Crippen LogP contribution in [0, 0.1) is 48.4 Å². The quantitative estimate of drug-likeness (QED) is 0.156. The van der Waals surface area contributed by atoms with Gasteiger partial charge in [0.05, 0.1) is 33.8 Å². The third-order valence-electron chi connectivity index (χ3n) is 19.2. The maximum atomic E-state index is 8.57. The first-order valence-corrected chi connectivity index (χ1v) is 31.6. The van der Waals surface area contributed by atoms with Gasteiger partial charge in [-0.3, -0.25) is 15.0 Å². The highest BCUT2D eigenvalue weighted by molar-refractivity contribution is 5.90. The van der Waals surface area contributed by atoms with Gasteiger partial charge in [-0.1, -0.05) is 187 Å². The number of aromatic nitrogens is 6. The second-order valence-corrected chi connectivity index (χ2v) is 26.5. The summed E-state index contributed by atoms with van der Waals surface area (Å²) in [7, 11) is 6.25. The minimum atomic E-state index is -2.25. The largest absolute Gasteiger partial charge is 0.257 e. The number of pyridine rings is 6. The zero-order valence-corrected chi connectivity index (χ0v) is 54.9. The lowest BCUT2D eigenvalue weighted by Gasteiger charge is -2.24. The summed E-state index contributed by atoms with van der Waals surface area (Å²) in [5.74, 6) is 0. The van der Waals surface area contributed by atoms with Crippen LogP contribution in [-0.4, -0.2) is 15.0 Å². The van der Waals surface area contributed by atoms with Crippen molar-refractivity contribution in [3.63, 3.8) is 0 Å². The maximum Gasteiger partial charge on any atom is 0.212 e. The van der Waals surface area contributed by atoms with E-state index in [1.54, 1.807) is 12.1 Å². The average molecular weight is 1190 g/mol. The highest BCUT2D eigenvalue weighted by Gasteiger charge is 2.44. The first kappa shape index (κ1) is 53.1. The molecule has 1 unspecified atom stereocenters. The third-order valence-corrected chi connectivity index (χ3v) is 19.2. The van der Waals surface area contributed by atoms with Crippen molar-refractivity contribution in [2.45, 2.75) is 106 Å². The van der Waals surface area contributed by atoms with Crippen molar-refractivity contribution in [3.05, 3.63) is 286 Å². The van der Waals surface area contributed by atoms with Gasteiger partial charge in [0.2, 0.25) is 17.1 Å². The Hall–Kier alpha value is -9.78. The van der Waals surface area contributed by atoms with Crippen molar-refractivity contribution < 1.29 is 21.9 Å². The Labute approximate surface area is 547 Å². The van der Waals surface area contributed by atoms with E-state index < -0.39 is 19.1 Å². The van der Waals surface area contributed by atoms with E-state index in [4.69, 9.17) is 23.2 Å². The Kier molecular flexibility index (Phi) is 13.4. The summed E-state index contributed by atoms with van der Waals surface area (Å²) in [6.07, 6.45) is 6.47. The van der Waals surface area contributed by atoms with E-state index in [1.807, 2.05) is 63.4 Å². The molecule has 0 radical (unpaired) electrons. The van der Waals surface area contributed by atoms with Gasteiger partial charge in [-0.25, -0.2) is 13.7 Å². The number of hydrogen-bond acceptors (Lipinski definition) is 3. The highest BCUT2D eigenvalue weighted by atomic mass is 14.9. The van der Waals surface area contributed by atoms with Crippen LogP contribution in [-0.2, 0) is 37.4 Å². The molecule has 0 saturated heterocycles. The van der Waals surface area contributed by atoms with Gasteiger partial charge in [-0.05, 0) is 152 Å². The molecule has 0 saturated carbocycles. The molecule has 3 aliphatic carbocycles. The number of benzene rings is 6. The number of rotatable bonds is 6. The molecule has 6 aromatic heterocycles. The topological polar surface area (TPSA) is 50.3 Å². The molecule has 0 amide bonds. The fourth-order valence-electron chi connectivity index (χ4n) is 14.7. The molecule has 450 valence electrons. The molecule has 0 spiro atoms. The Morgan fingerprint density at radius 3 is 0.923 bits per heavy atom. The summed E-state index contributed by atoms with van der Waals surface area (Å²) in [6.45, 7) is 19.2. The molecule has 6 aromatic carbocycles. The molecule has 3 aliphatic rings. The standard InChI is InChI=1S/C29H29N2.2C28H27N2/c1-18-7-11-21(12-8-18)22-13-16-25(31(6)17-22)26-19(2)9-14-23-24-15-10-20(3)30-28(24)29(4,5)27(23)26;2*1-18-11-14-22-23-15-12-19(2)29-27(23)28(3,4)26(22)25(18)24-16-13-21(17-30(24)5)20-9-7-6-8-10-20/h7-17H,1-6H3;2*6-17H,1-5H3/q3*+1/i1D3;3D3;. The van der Waals surface area contributed by atoms with Gasteiger partial charge in [0, 0.05) is 93.1 Å². The fourth-order valence-corrected chi connectivity index (χ4v) is 14.7. The van der Waals surface area contributed by atoms with E-state index in [9.17, 15) is 0 Å². The molecule has 15 rings (SSSR count). The summed E-state index contributed by atoms with van der Waals surface area (Å²) >= 11 is 0. The van der Waals surface area contributed by atoms with Crippen LogP contribution in [0.15, 0.2) is 213 Å². The molecule has 6 heteroatoms. The van der Waals surface area contributed by atoms with Crippen molar-refractivity contribution >= 4 is 0 Å². The van der Waals surface area contributed by atoms with Gasteiger partial charge in [0.25, 0.3) is 0 Å². The highest BCUT2D eigenvalue weighted by Crippen LogP contribution is 2.55. The van der Waals surface area contributed by atoms with Gasteiger partial charge < -0.3 is 0 Å². The second-order valence-electron chi connectivity index (χ2n) is 26.5. The van der Waals surface area contributed by atoms with Crippen LogP contribution in [0.3, 0.4) is 0 Å². The smallest absolute Gasteiger partial charge is 0.212 e. The number of fused-ring (bicyclic) bond motifs is 9. The van der Waals surface area contributed by atoms with E-state index in [1.165, 1.54) is 78.1 Å². The molecule has 1 atom stereocenters. The van der Waals surface area contributed by atoms with Gasteiger partial charge in [0.15, 0.2) is 18.6 Å². The minimum Gasteiger partial charge on any atom is -0.257 e. The van der Waals surface area contributed by atoms with Crippen molar-refractivity contribution in [1.82, 2.24) is 15.0 Å². The zero-order valence-electron chi connectivity index (χ0n) is 60.9. The molecule has 0 fully saturated rings. The van der Waals surface area contributed by atoms with Crippen LogP contribution in [0.2, 0.25) is 0 Å². The Morgan fingerprint density at radius 2 is 0.604 bits per heavy atom. The predicted octanol–water partition coefficient (Wildman–Crippen LogP) is 18.8. The Morgan fingerprint density at radius 1 is 0.308 bits per heavy atom. The number of nitrogens with zero attached hydrogens (tertiary/aromatic N) is 6. The molecule has 6 heterocycles. The van der Waals surface area contributed by atoms with Crippen LogP contribution in [0.1, 0.15) is 123 Å². The van der Waals surface area contributed by atoms with Gasteiger partial charge in [0.1, 0.15) is 21.1 Å². The second kappa shape index (κ2) is 22.9. The van der Waals surface area contributed by atoms with Crippen LogP contribution in [0.25, 0.3) is 101 Å². The van der Waals surface area contributed by atoms with Crippen molar-refractivity contribution in [1.29, 1.82) is 0 Å². The molecular formula is C85H83N6+3. The van der Waals surface area contributed by atoms with Gasteiger partial charge in [-0.2, -0.15) is 0 Å². The summed E-state index contributed by atoms with van der Waals surface area (Å²) in [6, 6.07) is 66.8. The summed E-state index contributed by atoms with van der Waals surface area (Å²) in [5, 5.41) is 0. The first-order valence-electron chi connectivity index (χ1n) is 34.6. The third kappa shape index (κ3) is 10.4. The van der Waals surface area contributed by atoms with Crippen molar-refractivity contribution in [2.24, 2.45) is 21.1 Å². The van der Waals surface area contributed by atoms with Crippen molar-refractivity contribution in [3.8, 4) is 101 Å². The summed E-state index contributed by atoms with van der Waals surface area (Å²) in [5.41, 5.74) is 32.6. The van der Waals surface area contributed by atoms with E-state index in [0.717, 1.165) is 84.2 Å².